The van der Waals surface area contributed by atoms with Gasteiger partial charge in [0.2, 0.25) is 5.43 Å². The third-order valence-electron chi connectivity index (χ3n) is 6.04. The summed E-state index contributed by atoms with van der Waals surface area (Å²) < 4.78 is 41.0. The van der Waals surface area contributed by atoms with Crippen LogP contribution in [0.1, 0.15) is 36.2 Å². The first-order chi connectivity index (χ1) is 15.1. The molecule has 2 aromatic rings. The summed E-state index contributed by atoms with van der Waals surface area (Å²) in [7, 11) is -1.41. The number of aromatic nitrogens is 1. The van der Waals surface area contributed by atoms with Crippen molar-refractivity contribution in [2.24, 2.45) is 0 Å². The van der Waals surface area contributed by atoms with Gasteiger partial charge in [0.15, 0.2) is 11.6 Å². The molecule has 2 unspecified atom stereocenters. The number of nitrogens with zero attached hydrogens (tertiary/aromatic N) is 3. The Morgan fingerprint density at radius 3 is 2.50 bits per heavy atom. The van der Waals surface area contributed by atoms with E-state index in [9.17, 15) is 24.2 Å². The van der Waals surface area contributed by atoms with Crippen molar-refractivity contribution >= 4 is 30.3 Å². The zero-order chi connectivity index (χ0) is 23.4. The number of benzene rings is 1. The minimum absolute atomic E-state index is 0.00107. The van der Waals surface area contributed by atoms with Crippen LogP contribution < -0.4 is 15.1 Å². The highest BCUT2D eigenvalue weighted by molar-refractivity contribution is 7.50. The van der Waals surface area contributed by atoms with Crippen molar-refractivity contribution in [2.75, 3.05) is 38.8 Å². The fourth-order valence-electron chi connectivity index (χ4n) is 4.36. The Labute approximate surface area is 183 Å². The summed E-state index contributed by atoms with van der Waals surface area (Å²) in [5.74, 6) is -1.96. The van der Waals surface area contributed by atoms with E-state index in [1.54, 1.807) is 16.4 Å². The third kappa shape index (κ3) is 3.69. The number of ether oxygens (including phenoxy) is 1. The number of pyridine rings is 1. The number of anilines is 1. The van der Waals surface area contributed by atoms with Crippen LogP contribution in [0.2, 0.25) is 0 Å². The topological polar surface area (TPSA) is 122 Å². The Hall–Kier alpha value is -2.46. The highest BCUT2D eigenvalue weighted by Gasteiger charge is 2.38. The average molecular weight is 469 g/mol. The molecule has 2 aliphatic rings. The van der Waals surface area contributed by atoms with E-state index in [2.05, 4.69) is 0 Å². The van der Waals surface area contributed by atoms with Gasteiger partial charge in [0, 0.05) is 45.0 Å². The van der Waals surface area contributed by atoms with Gasteiger partial charge >= 0.3 is 13.7 Å². The monoisotopic (exact) mass is 469 g/mol. The first kappa shape index (κ1) is 22.7. The van der Waals surface area contributed by atoms with Gasteiger partial charge < -0.3 is 28.7 Å². The average Bonchev–Trinajstić information content (AvgIpc) is 3.58. The van der Waals surface area contributed by atoms with E-state index in [1.807, 2.05) is 0 Å². The van der Waals surface area contributed by atoms with E-state index in [1.165, 1.54) is 18.0 Å². The number of carbonyl (C=O) groups is 1. The number of fused-ring (bicyclic) bond motifs is 1. The van der Waals surface area contributed by atoms with Gasteiger partial charge in [0.1, 0.15) is 11.3 Å². The minimum Gasteiger partial charge on any atom is -0.492 e. The van der Waals surface area contributed by atoms with Crippen LogP contribution in [0.4, 0.5) is 10.1 Å². The van der Waals surface area contributed by atoms with Crippen LogP contribution in [0.25, 0.3) is 10.9 Å². The molecule has 2 fully saturated rings. The summed E-state index contributed by atoms with van der Waals surface area (Å²) in [6.45, 7) is 2.32. The zero-order valence-electron chi connectivity index (χ0n) is 17.9. The molecule has 1 aliphatic heterocycles. The summed E-state index contributed by atoms with van der Waals surface area (Å²) >= 11 is 0. The fraction of sp³-hybridized carbons (Fsp3) is 0.500. The van der Waals surface area contributed by atoms with Crippen molar-refractivity contribution in [3.8, 4) is 5.75 Å². The molecule has 0 amide bonds. The van der Waals surface area contributed by atoms with Crippen molar-refractivity contribution in [1.29, 1.82) is 0 Å². The molecular weight excluding hydrogens is 444 g/mol. The Morgan fingerprint density at radius 2 is 1.97 bits per heavy atom. The highest BCUT2D eigenvalue weighted by atomic mass is 31.2. The first-order valence-electron chi connectivity index (χ1n) is 10.2. The second-order valence-electron chi connectivity index (χ2n) is 8.08. The van der Waals surface area contributed by atoms with Crippen molar-refractivity contribution in [1.82, 2.24) is 9.24 Å². The maximum absolute atomic E-state index is 15.4. The standard InChI is InChI=1S/C20H25FN3O7P/c1-11-9-22(6-7-24(11)32(28,29)31-3)17-15(21)8-13-16(19(17)30-2)23(12-4-5-12)10-14(18(13)25)20(26)27/h8,10-12H,4-7,9H2,1-3H3,(H,26,27)(H,28,29). The SMILES string of the molecule is COc1c(N2CCN(P(=O)(O)OC)C(C)C2)c(F)cc2c(=O)c(C(=O)O)cn(C3CC3)c12. The molecule has 1 saturated heterocycles. The lowest BCUT2D eigenvalue weighted by Gasteiger charge is -2.41. The van der Waals surface area contributed by atoms with Crippen LogP contribution in [0.15, 0.2) is 17.1 Å². The smallest absolute Gasteiger partial charge is 0.405 e. The van der Waals surface area contributed by atoms with E-state index in [-0.39, 0.29) is 42.5 Å². The number of rotatable bonds is 6. The van der Waals surface area contributed by atoms with Crippen LogP contribution >= 0.6 is 7.75 Å². The Bertz CT molecular complexity index is 1200. The largest absolute Gasteiger partial charge is 0.492 e. The van der Waals surface area contributed by atoms with Crippen LogP contribution in [0.5, 0.6) is 5.75 Å². The Kier molecular flexibility index (Phi) is 5.79. The molecule has 2 atom stereocenters. The Balaban J connectivity index is 1.87. The maximum atomic E-state index is 15.4. The van der Waals surface area contributed by atoms with Crippen molar-refractivity contribution in [2.45, 2.75) is 31.8 Å². The molecule has 2 N–H and O–H groups in total. The molecule has 0 spiro atoms. The minimum atomic E-state index is -3.95. The second-order valence-corrected chi connectivity index (χ2v) is 9.94. The van der Waals surface area contributed by atoms with Gasteiger partial charge in [-0.2, -0.15) is 0 Å². The van der Waals surface area contributed by atoms with Gasteiger partial charge in [-0.3, -0.25) is 4.79 Å². The lowest BCUT2D eigenvalue weighted by Crippen LogP contribution is -2.50. The number of piperazine rings is 1. The predicted octanol–water partition coefficient (Wildman–Crippen LogP) is 2.44. The molecule has 1 saturated carbocycles. The number of aromatic carboxylic acids is 1. The van der Waals surface area contributed by atoms with E-state index >= 15 is 4.39 Å². The van der Waals surface area contributed by atoms with E-state index in [0.29, 0.717) is 5.52 Å². The Morgan fingerprint density at radius 1 is 1.28 bits per heavy atom. The number of hydrogen-bond acceptors (Lipinski definition) is 6. The number of carboxylic acid groups (broad SMARTS) is 1. The van der Waals surface area contributed by atoms with Gasteiger partial charge in [-0.15, -0.1) is 0 Å². The normalized spacial score (nSPS) is 21.5. The van der Waals surface area contributed by atoms with Crippen molar-refractivity contribution < 1.29 is 33.0 Å². The molecule has 10 nitrogen and oxygen atoms in total. The summed E-state index contributed by atoms with van der Waals surface area (Å²) in [5.41, 5.74) is -0.707. The maximum Gasteiger partial charge on any atom is 0.405 e. The molecular formula is C20H25FN3O7P. The molecule has 32 heavy (non-hydrogen) atoms. The lowest BCUT2D eigenvalue weighted by molar-refractivity contribution is 0.0694. The van der Waals surface area contributed by atoms with Gasteiger partial charge in [0.05, 0.1) is 18.0 Å². The van der Waals surface area contributed by atoms with Gasteiger partial charge in [0.25, 0.3) is 0 Å². The summed E-state index contributed by atoms with van der Waals surface area (Å²) in [5, 5.41) is 9.39. The van der Waals surface area contributed by atoms with Crippen LogP contribution in [-0.4, -0.2) is 65.1 Å². The number of carboxylic acids is 1. The molecule has 2 heterocycles. The summed E-state index contributed by atoms with van der Waals surface area (Å²) in [6.07, 6.45) is 2.92. The van der Waals surface area contributed by atoms with E-state index in [4.69, 9.17) is 9.26 Å². The van der Waals surface area contributed by atoms with Gasteiger partial charge in [-0.1, -0.05) is 0 Å². The van der Waals surface area contributed by atoms with Crippen LogP contribution in [-0.2, 0) is 9.09 Å². The number of hydrogen-bond donors (Lipinski definition) is 2. The first-order valence-corrected chi connectivity index (χ1v) is 11.7. The number of halogens is 1. The van der Waals surface area contributed by atoms with Crippen LogP contribution in [0.3, 0.4) is 0 Å². The quantitative estimate of drug-likeness (QED) is 0.615. The lowest BCUT2D eigenvalue weighted by atomic mass is 10.1. The highest BCUT2D eigenvalue weighted by Crippen LogP contribution is 2.49. The van der Waals surface area contributed by atoms with E-state index < -0.39 is 36.6 Å². The predicted molar refractivity (Wildman–Crippen MR) is 115 cm³/mol. The molecule has 0 radical (unpaired) electrons. The van der Waals surface area contributed by atoms with Gasteiger partial charge in [-0.25, -0.2) is 18.4 Å². The zero-order valence-corrected chi connectivity index (χ0v) is 18.8. The summed E-state index contributed by atoms with van der Waals surface area (Å²) in [4.78, 5) is 36.1. The molecule has 1 aromatic heterocycles. The molecule has 4 rings (SSSR count). The molecule has 1 aliphatic carbocycles. The molecule has 174 valence electrons. The van der Waals surface area contributed by atoms with Crippen molar-refractivity contribution in [3.05, 3.63) is 33.9 Å². The fourth-order valence-corrected chi connectivity index (χ4v) is 5.48. The van der Waals surface area contributed by atoms with Crippen molar-refractivity contribution in [3.63, 3.8) is 0 Å². The van der Waals surface area contributed by atoms with E-state index in [0.717, 1.165) is 26.0 Å². The molecule has 12 heteroatoms. The molecule has 1 aromatic carbocycles. The molecule has 0 bridgehead atoms. The second kappa shape index (κ2) is 8.15. The summed E-state index contributed by atoms with van der Waals surface area (Å²) in [6, 6.07) is 0.629. The third-order valence-corrected chi connectivity index (χ3v) is 7.76. The van der Waals surface area contributed by atoms with Crippen LogP contribution in [0, 0.1) is 5.82 Å². The number of methoxy groups -OCH3 is 1. The van der Waals surface area contributed by atoms with Gasteiger partial charge in [-0.05, 0) is 25.8 Å².